The van der Waals surface area contributed by atoms with Crippen LogP contribution < -0.4 is 5.73 Å². The van der Waals surface area contributed by atoms with E-state index in [0.29, 0.717) is 6.42 Å². The number of nitrogens with zero attached hydrogens (tertiary/aromatic N) is 3. The molecule has 1 atom stereocenters. The number of halogens is 1. The van der Waals surface area contributed by atoms with E-state index in [1.807, 2.05) is 11.0 Å². The molecule has 1 aromatic carbocycles. The maximum absolute atomic E-state index is 13.3. The molecule has 1 amide bonds. The Balaban J connectivity index is 1.78. The molecule has 3 rings (SSSR count). The molecule has 0 aliphatic carbocycles. The van der Waals surface area contributed by atoms with Crippen LogP contribution in [-0.4, -0.2) is 33.9 Å². The van der Waals surface area contributed by atoms with E-state index in [1.165, 1.54) is 12.1 Å². The maximum Gasteiger partial charge on any atom is 0.231 e. The van der Waals surface area contributed by atoms with Gasteiger partial charge in [-0.25, -0.2) is 4.39 Å². The third kappa shape index (κ3) is 3.90. The van der Waals surface area contributed by atoms with E-state index in [1.54, 1.807) is 18.5 Å². The summed E-state index contributed by atoms with van der Waals surface area (Å²) in [5.74, 6) is -0.587. The van der Waals surface area contributed by atoms with Crippen LogP contribution in [-0.2, 0) is 11.2 Å². The van der Waals surface area contributed by atoms with E-state index in [9.17, 15) is 9.18 Å². The van der Waals surface area contributed by atoms with Crippen LogP contribution in [0.25, 0.3) is 0 Å². The molecular formula is C17H19FN4O. The summed E-state index contributed by atoms with van der Waals surface area (Å²) in [6, 6.07) is 6.55. The van der Waals surface area contributed by atoms with Crippen LogP contribution in [0.15, 0.2) is 36.7 Å². The quantitative estimate of drug-likeness (QED) is 0.914. The average molecular weight is 314 g/mol. The van der Waals surface area contributed by atoms with Gasteiger partial charge in [0.05, 0.1) is 24.0 Å². The number of rotatable bonds is 5. The lowest BCUT2D eigenvalue weighted by Crippen LogP contribution is -2.33. The average Bonchev–Trinajstić information content (AvgIpc) is 2.95. The molecule has 1 aliphatic heterocycles. The van der Waals surface area contributed by atoms with Crippen LogP contribution in [0.2, 0.25) is 0 Å². The molecule has 0 saturated carbocycles. The highest BCUT2D eigenvalue weighted by molar-refractivity contribution is 5.76. The fourth-order valence-corrected chi connectivity index (χ4v) is 3.08. The van der Waals surface area contributed by atoms with Gasteiger partial charge in [-0.05, 0) is 37.1 Å². The Morgan fingerprint density at radius 3 is 3.04 bits per heavy atom. The minimum Gasteiger partial charge on any atom is -0.369 e. The first-order valence-electron chi connectivity index (χ1n) is 7.69. The number of hydrogen-bond acceptors (Lipinski definition) is 4. The van der Waals surface area contributed by atoms with E-state index >= 15 is 0 Å². The van der Waals surface area contributed by atoms with Gasteiger partial charge in [0.1, 0.15) is 5.82 Å². The summed E-state index contributed by atoms with van der Waals surface area (Å²) in [7, 11) is 0. The number of nitrogens with two attached hydrogens (primary N) is 1. The van der Waals surface area contributed by atoms with Crippen molar-refractivity contribution in [1.29, 1.82) is 0 Å². The van der Waals surface area contributed by atoms with Gasteiger partial charge >= 0.3 is 0 Å². The summed E-state index contributed by atoms with van der Waals surface area (Å²) in [4.78, 5) is 22.1. The van der Waals surface area contributed by atoms with E-state index < -0.39 is 0 Å². The lowest BCUT2D eigenvalue weighted by Gasteiger charge is -2.22. The van der Waals surface area contributed by atoms with Gasteiger partial charge in [0, 0.05) is 18.8 Å². The maximum atomic E-state index is 13.3. The van der Waals surface area contributed by atoms with Crippen molar-refractivity contribution in [2.24, 2.45) is 5.73 Å². The first kappa shape index (κ1) is 15.6. The minimum atomic E-state index is -0.333. The number of carbonyl (C=O) groups is 1. The van der Waals surface area contributed by atoms with Gasteiger partial charge in [-0.3, -0.25) is 19.7 Å². The Kier molecular flexibility index (Phi) is 4.62. The Morgan fingerprint density at radius 1 is 1.39 bits per heavy atom. The van der Waals surface area contributed by atoms with Crippen molar-refractivity contribution in [3.8, 4) is 0 Å². The summed E-state index contributed by atoms with van der Waals surface area (Å²) < 4.78 is 13.3. The molecule has 1 aromatic heterocycles. The number of likely N-dealkylation sites (tertiary alicyclic amines) is 1. The predicted molar refractivity (Wildman–Crippen MR) is 84.0 cm³/mol. The lowest BCUT2D eigenvalue weighted by atomic mass is 10.1. The standard InChI is InChI=1S/C17H19FN4O/c18-13-4-1-3-12(7-13)8-14-9-20-10-15(21-14)16-5-2-6-22(16)11-17(19)23/h1,3-4,7,9-10,16H,2,5-6,8,11H2,(H2,19,23). The summed E-state index contributed by atoms with van der Waals surface area (Å²) in [6.07, 6.45) is 5.90. The van der Waals surface area contributed by atoms with Gasteiger partial charge < -0.3 is 5.73 Å². The van der Waals surface area contributed by atoms with Crippen LogP contribution in [0.3, 0.4) is 0 Å². The second-order valence-corrected chi connectivity index (χ2v) is 5.84. The molecule has 1 fully saturated rings. The first-order valence-corrected chi connectivity index (χ1v) is 7.69. The Hall–Kier alpha value is -2.34. The number of aromatic nitrogens is 2. The van der Waals surface area contributed by atoms with E-state index in [0.717, 1.165) is 36.3 Å². The molecule has 2 heterocycles. The van der Waals surface area contributed by atoms with Gasteiger partial charge in [-0.1, -0.05) is 12.1 Å². The topological polar surface area (TPSA) is 72.1 Å². The largest absolute Gasteiger partial charge is 0.369 e. The van der Waals surface area contributed by atoms with Crippen molar-refractivity contribution in [3.63, 3.8) is 0 Å². The number of amides is 1. The molecule has 1 unspecified atom stereocenters. The van der Waals surface area contributed by atoms with Crippen LogP contribution in [0.4, 0.5) is 4.39 Å². The third-order valence-corrected chi connectivity index (χ3v) is 4.04. The summed E-state index contributed by atoms with van der Waals surface area (Å²) in [6.45, 7) is 1.07. The highest BCUT2D eigenvalue weighted by Crippen LogP contribution is 2.30. The number of carbonyl (C=O) groups excluding carboxylic acids is 1. The fourth-order valence-electron chi connectivity index (χ4n) is 3.08. The Labute approximate surface area is 134 Å². The highest BCUT2D eigenvalue weighted by atomic mass is 19.1. The summed E-state index contributed by atoms with van der Waals surface area (Å²) >= 11 is 0. The lowest BCUT2D eigenvalue weighted by molar-refractivity contribution is -0.119. The van der Waals surface area contributed by atoms with Crippen molar-refractivity contribution < 1.29 is 9.18 Å². The second kappa shape index (κ2) is 6.83. The van der Waals surface area contributed by atoms with Crippen LogP contribution >= 0.6 is 0 Å². The summed E-state index contributed by atoms with van der Waals surface area (Å²) in [5, 5.41) is 0. The molecule has 1 saturated heterocycles. The molecule has 2 aromatic rings. The van der Waals surface area contributed by atoms with Crippen LogP contribution in [0.1, 0.15) is 35.8 Å². The van der Waals surface area contributed by atoms with Crippen LogP contribution in [0.5, 0.6) is 0 Å². The van der Waals surface area contributed by atoms with Crippen molar-refractivity contribution in [1.82, 2.24) is 14.9 Å². The van der Waals surface area contributed by atoms with Gasteiger partial charge in [-0.15, -0.1) is 0 Å². The molecule has 0 radical (unpaired) electrons. The van der Waals surface area contributed by atoms with Gasteiger partial charge in [0.2, 0.25) is 5.91 Å². The zero-order chi connectivity index (χ0) is 16.2. The highest BCUT2D eigenvalue weighted by Gasteiger charge is 2.28. The van der Waals surface area contributed by atoms with E-state index in [-0.39, 0.29) is 24.3 Å². The molecule has 120 valence electrons. The molecule has 2 N–H and O–H groups in total. The third-order valence-electron chi connectivity index (χ3n) is 4.04. The monoisotopic (exact) mass is 314 g/mol. The Bertz CT molecular complexity index is 706. The molecular weight excluding hydrogens is 295 g/mol. The minimum absolute atomic E-state index is 0.0717. The van der Waals surface area contributed by atoms with E-state index in [2.05, 4.69) is 9.97 Å². The van der Waals surface area contributed by atoms with Crippen molar-refractivity contribution >= 4 is 5.91 Å². The van der Waals surface area contributed by atoms with E-state index in [4.69, 9.17) is 5.73 Å². The number of benzene rings is 1. The van der Waals surface area contributed by atoms with Gasteiger partial charge in [0.15, 0.2) is 0 Å². The predicted octanol–water partition coefficient (Wildman–Crippen LogP) is 1.83. The number of hydrogen-bond donors (Lipinski definition) is 1. The molecule has 1 aliphatic rings. The zero-order valence-electron chi connectivity index (χ0n) is 12.8. The SMILES string of the molecule is NC(=O)CN1CCCC1c1cncc(Cc2cccc(F)c2)n1. The zero-order valence-corrected chi connectivity index (χ0v) is 12.8. The second-order valence-electron chi connectivity index (χ2n) is 5.84. The van der Waals surface area contributed by atoms with Crippen molar-refractivity contribution in [2.45, 2.75) is 25.3 Å². The summed E-state index contributed by atoms with van der Waals surface area (Å²) in [5.41, 5.74) is 7.80. The first-order chi connectivity index (χ1) is 11.1. The van der Waals surface area contributed by atoms with Gasteiger partial charge in [0.25, 0.3) is 0 Å². The smallest absolute Gasteiger partial charge is 0.231 e. The Morgan fingerprint density at radius 2 is 2.26 bits per heavy atom. The van der Waals surface area contributed by atoms with Crippen LogP contribution in [0, 0.1) is 5.82 Å². The molecule has 0 spiro atoms. The molecule has 6 heteroatoms. The normalized spacial score (nSPS) is 18.2. The van der Waals surface area contributed by atoms with Crippen molar-refractivity contribution in [3.05, 3.63) is 59.4 Å². The molecule has 23 heavy (non-hydrogen) atoms. The van der Waals surface area contributed by atoms with Gasteiger partial charge in [-0.2, -0.15) is 0 Å². The molecule has 0 bridgehead atoms. The molecule has 5 nitrogen and oxygen atoms in total. The van der Waals surface area contributed by atoms with Crippen molar-refractivity contribution in [2.75, 3.05) is 13.1 Å². The number of primary amides is 1. The fraction of sp³-hybridized carbons (Fsp3) is 0.353.